The maximum atomic E-state index is 17.3. The summed E-state index contributed by atoms with van der Waals surface area (Å²) in [5.41, 5.74) is 1.82. The Balaban J connectivity index is 1.45. The van der Waals surface area contributed by atoms with Gasteiger partial charge in [0.15, 0.2) is 5.82 Å². The van der Waals surface area contributed by atoms with Crippen LogP contribution in [-0.2, 0) is 15.7 Å². The van der Waals surface area contributed by atoms with E-state index in [1.807, 2.05) is 11.0 Å². The monoisotopic (exact) mass is 787 g/mol. The van der Waals surface area contributed by atoms with E-state index in [4.69, 9.17) is 15.2 Å². The van der Waals surface area contributed by atoms with Gasteiger partial charge in [-0.1, -0.05) is 12.1 Å². The van der Waals surface area contributed by atoms with E-state index < -0.39 is 52.2 Å². The highest BCUT2D eigenvalue weighted by Gasteiger charge is 2.49. The van der Waals surface area contributed by atoms with Crippen molar-refractivity contribution in [2.45, 2.75) is 69.5 Å². The molecule has 2 aromatic heterocycles. The number of carbonyl (C=O) groups excluding carboxylic acids is 1. The van der Waals surface area contributed by atoms with Gasteiger partial charge in [0, 0.05) is 49.5 Å². The van der Waals surface area contributed by atoms with E-state index in [1.165, 1.54) is 13.2 Å². The van der Waals surface area contributed by atoms with E-state index in [-0.39, 0.29) is 94.6 Å². The molecule has 0 aliphatic carbocycles. The lowest BCUT2D eigenvalue weighted by Crippen LogP contribution is -2.43. The van der Waals surface area contributed by atoms with Gasteiger partial charge in [-0.3, -0.25) is 9.69 Å². The molecule has 17 heteroatoms. The van der Waals surface area contributed by atoms with E-state index in [1.54, 1.807) is 29.7 Å². The normalized spacial score (nSPS) is 23.0. The number of ether oxygens (including phenoxy) is 2. The van der Waals surface area contributed by atoms with Crippen LogP contribution in [0.3, 0.4) is 0 Å². The molecule has 4 atom stereocenters. The third-order valence-corrected chi connectivity index (χ3v) is 12.1. The summed E-state index contributed by atoms with van der Waals surface area (Å²) < 4.78 is 104. The topological polar surface area (TPSA) is 121 Å². The van der Waals surface area contributed by atoms with Gasteiger partial charge in [0.05, 0.1) is 40.1 Å². The van der Waals surface area contributed by atoms with E-state index >= 15 is 22.0 Å². The maximum absolute atomic E-state index is 17.3. The van der Waals surface area contributed by atoms with Crippen molar-refractivity contribution in [3.8, 4) is 23.2 Å². The molecule has 1 amide bonds. The number of allylic oxidation sites excluding steroid dienone is 1. The van der Waals surface area contributed by atoms with Gasteiger partial charge >= 0.3 is 12.2 Å². The van der Waals surface area contributed by atoms with Crippen LogP contribution in [0.5, 0.6) is 6.01 Å². The van der Waals surface area contributed by atoms with Crippen LogP contribution in [0, 0.1) is 23.0 Å². The van der Waals surface area contributed by atoms with Crippen LogP contribution in [-0.4, -0.2) is 96.0 Å². The Morgan fingerprint density at radius 3 is 2.73 bits per heavy atom. The van der Waals surface area contributed by atoms with Gasteiger partial charge in [0.2, 0.25) is 5.91 Å². The number of nitriles is 1. The highest BCUT2D eigenvalue weighted by atomic mass is 32.1. The molecule has 3 fully saturated rings. The lowest BCUT2D eigenvalue weighted by atomic mass is 9.92. The predicted molar refractivity (Wildman–Crippen MR) is 197 cm³/mol. The van der Waals surface area contributed by atoms with Gasteiger partial charge in [-0.15, -0.1) is 11.3 Å². The van der Waals surface area contributed by atoms with Gasteiger partial charge in [0.1, 0.15) is 41.0 Å². The van der Waals surface area contributed by atoms with Crippen LogP contribution < -0.4 is 15.4 Å². The highest BCUT2D eigenvalue weighted by Crippen LogP contribution is 2.48. The second-order valence-corrected chi connectivity index (χ2v) is 15.3. The van der Waals surface area contributed by atoms with Crippen LogP contribution in [0.25, 0.3) is 32.1 Å². The molecule has 7 rings (SSSR count). The highest BCUT2D eigenvalue weighted by molar-refractivity contribution is 7.23. The lowest BCUT2D eigenvalue weighted by molar-refractivity contribution is -0.137. The Labute approximate surface area is 317 Å². The summed E-state index contributed by atoms with van der Waals surface area (Å²) in [6.45, 7) is 4.90. The van der Waals surface area contributed by atoms with Crippen molar-refractivity contribution in [1.82, 2.24) is 19.8 Å². The Morgan fingerprint density at radius 1 is 1.25 bits per heavy atom. The minimum Gasteiger partial charge on any atom is -0.461 e. The molecule has 2 N–H and O–H groups in total. The molecule has 10 nitrogen and oxygen atoms in total. The molecule has 0 bridgehead atoms. The molecule has 4 aromatic rings. The van der Waals surface area contributed by atoms with E-state index in [9.17, 15) is 14.4 Å². The number of anilines is 2. The number of rotatable bonds is 10. The van der Waals surface area contributed by atoms with Gasteiger partial charge in [-0.05, 0) is 63.4 Å². The number of alkyl halides is 4. The van der Waals surface area contributed by atoms with Crippen molar-refractivity contribution in [3.05, 3.63) is 53.1 Å². The predicted octanol–water partition coefficient (Wildman–Crippen LogP) is 7.24. The lowest BCUT2D eigenvalue weighted by Gasteiger charge is -2.32. The molecule has 0 radical (unpaired) electrons. The number of hydrogen-bond donors (Lipinski definition) is 1. The number of amides is 1. The fraction of sp³-hybridized carbons (Fsp3) is 0.474. The number of nitrogen functional groups attached to an aromatic ring is 1. The first kappa shape index (κ1) is 38.6. The Kier molecular flexibility index (Phi) is 10.4. The average molecular weight is 788 g/mol. The third kappa shape index (κ3) is 6.71. The summed E-state index contributed by atoms with van der Waals surface area (Å²) in [7, 11) is 1.50. The summed E-state index contributed by atoms with van der Waals surface area (Å²) in [5, 5.41) is 9.24. The summed E-state index contributed by atoms with van der Waals surface area (Å²) in [4.78, 5) is 27.5. The number of thiophene rings is 1. The van der Waals surface area contributed by atoms with Crippen molar-refractivity contribution in [1.29, 1.82) is 5.26 Å². The largest absolute Gasteiger partial charge is 0.461 e. The first-order valence-electron chi connectivity index (χ1n) is 18.0. The van der Waals surface area contributed by atoms with Gasteiger partial charge in [0.25, 0.3) is 0 Å². The number of aromatic nitrogens is 2. The summed E-state index contributed by atoms with van der Waals surface area (Å²) in [5.74, 6) is -2.56. The minimum atomic E-state index is -5.15. The maximum Gasteiger partial charge on any atom is 0.417 e. The second-order valence-electron chi connectivity index (χ2n) is 14.2. The van der Waals surface area contributed by atoms with Crippen LogP contribution >= 0.6 is 11.3 Å². The first-order valence-corrected chi connectivity index (χ1v) is 18.8. The molecular formula is C38H39F6N7O3S. The number of carbonyl (C=O) groups is 1. The molecular weight excluding hydrogens is 749 g/mol. The Bertz CT molecular complexity index is 2220. The molecule has 3 aliphatic heterocycles. The molecule has 4 unspecified atom stereocenters. The number of likely N-dealkylation sites (N-methyl/N-ethyl adjacent to an activating group) is 1. The molecule has 55 heavy (non-hydrogen) atoms. The zero-order valence-corrected chi connectivity index (χ0v) is 31.2. The summed E-state index contributed by atoms with van der Waals surface area (Å²) >= 11 is 0.674. The fourth-order valence-electron chi connectivity index (χ4n) is 8.67. The van der Waals surface area contributed by atoms with Crippen LogP contribution in [0.1, 0.15) is 50.7 Å². The molecule has 292 valence electrons. The Hall–Kier alpha value is -4.66. The molecule has 3 saturated heterocycles. The van der Waals surface area contributed by atoms with Crippen molar-refractivity contribution >= 4 is 49.1 Å². The van der Waals surface area contributed by atoms with Gasteiger partial charge < -0.3 is 25.0 Å². The molecule has 5 heterocycles. The van der Waals surface area contributed by atoms with E-state index in [0.717, 1.165) is 24.6 Å². The molecule has 0 saturated carbocycles. The quantitative estimate of drug-likeness (QED) is 0.131. The van der Waals surface area contributed by atoms with Crippen molar-refractivity contribution < 1.29 is 40.6 Å². The zero-order chi connectivity index (χ0) is 39.4. The van der Waals surface area contributed by atoms with E-state index in [0.29, 0.717) is 30.7 Å². The smallest absolute Gasteiger partial charge is 0.417 e. The first-order chi connectivity index (χ1) is 26.2. The second kappa shape index (κ2) is 14.8. The average Bonchev–Trinajstić information content (AvgIpc) is 3.89. The van der Waals surface area contributed by atoms with Crippen molar-refractivity contribution in [2.24, 2.45) is 0 Å². The molecule has 0 spiro atoms. The van der Waals surface area contributed by atoms with Crippen molar-refractivity contribution in [3.63, 3.8) is 0 Å². The van der Waals surface area contributed by atoms with Crippen LogP contribution in [0.2, 0.25) is 0 Å². The SMILES string of the molecule is C/C=C/C(=O)N1CC(N(CC)c2nc(OCC34CCCN3CC(F)C4)nc3c(F)c(-c4ccc(F)c5sc(N)c(C#N)c45)c(C(F)(F)F)cc23)CC1COC. The molecule has 2 aromatic carbocycles. The van der Waals surface area contributed by atoms with Gasteiger partial charge in [-0.25, -0.2) is 13.2 Å². The van der Waals surface area contributed by atoms with Crippen LogP contribution in [0.4, 0.5) is 37.2 Å². The number of benzene rings is 2. The zero-order valence-electron chi connectivity index (χ0n) is 30.4. The number of fused-ring (bicyclic) bond motifs is 3. The number of hydrogen-bond acceptors (Lipinski definition) is 10. The minimum absolute atomic E-state index is 0.0388. The fourth-order valence-corrected chi connectivity index (χ4v) is 9.62. The third-order valence-electron chi connectivity index (χ3n) is 11.0. The van der Waals surface area contributed by atoms with Gasteiger partial charge in [-0.2, -0.15) is 28.4 Å². The summed E-state index contributed by atoms with van der Waals surface area (Å²) in [6, 6.07) is 3.30. The number of methoxy groups -OCH3 is 1. The van der Waals surface area contributed by atoms with Crippen LogP contribution in [0.15, 0.2) is 30.4 Å². The molecule has 3 aliphatic rings. The van der Waals surface area contributed by atoms with E-state index in [2.05, 4.69) is 9.97 Å². The van der Waals surface area contributed by atoms with Crippen molar-refractivity contribution in [2.75, 3.05) is 57.1 Å². The Morgan fingerprint density at radius 2 is 2.04 bits per heavy atom. The number of halogens is 6. The number of nitrogens with zero attached hydrogens (tertiary/aromatic N) is 6. The standard InChI is InChI=1S/C38H39F6N7O3S/c1-4-7-28(52)51-17-21(12-22(51)18-53-3)50(5-2)35-24-13-26(38(42,43)44)30(23-8-9-27(40)33-29(23)25(15-45)34(46)55-33)31(41)32(24)47-36(48-35)54-19-37-10-6-11-49(37)16-20(39)14-37/h4,7-9,13,20-22H,5-6,10-12,14,16-19,46H2,1-3H3/b7-4+. The number of likely N-dealkylation sites (tertiary alicyclic amines) is 1. The number of nitrogens with two attached hydrogens (primary N) is 1. The summed E-state index contributed by atoms with van der Waals surface area (Å²) in [6.07, 6.45) is -1.15.